The fourth-order valence-electron chi connectivity index (χ4n) is 2.59. The first-order valence-corrected chi connectivity index (χ1v) is 6.41. The Hall–Kier alpha value is -1.92. The van der Waals surface area contributed by atoms with Gasteiger partial charge in [-0.05, 0) is 30.4 Å². The van der Waals surface area contributed by atoms with Crippen LogP contribution in [0.25, 0.3) is 0 Å². The van der Waals surface area contributed by atoms with E-state index in [0.717, 1.165) is 31.0 Å². The summed E-state index contributed by atoms with van der Waals surface area (Å²) in [5.41, 5.74) is 4.05. The fourth-order valence-corrected chi connectivity index (χ4v) is 2.59. The van der Waals surface area contributed by atoms with E-state index in [9.17, 15) is 0 Å². The topological polar surface area (TPSA) is 88.8 Å². The maximum atomic E-state index is 5.67. The Morgan fingerprint density at radius 1 is 1.47 bits per heavy atom. The zero-order valence-corrected chi connectivity index (χ0v) is 10.5. The first-order chi connectivity index (χ1) is 9.38. The van der Waals surface area contributed by atoms with Gasteiger partial charge in [-0.25, -0.2) is 10.4 Å². The molecule has 0 aliphatic carbocycles. The van der Waals surface area contributed by atoms with Crippen LogP contribution in [0.15, 0.2) is 30.6 Å². The van der Waals surface area contributed by atoms with Crippen molar-refractivity contribution in [3.05, 3.63) is 42.0 Å². The molecule has 0 saturated carbocycles. The predicted molar refractivity (Wildman–Crippen MR) is 70.4 cm³/mol. The number of fused-ring (bicyclic) bond motifs is 1. The second-order valence-corrected chi connectivity index (χ2v) is 4.70. The summed E-state index contributed by atoms with van der Waals surface area (Å²) in [6.07, 6.45) is 3.35. The Morgan fingerprint density at radius 3 is 3.16 bits per heavy atom. The van der Waals surface area contributed by atoms with Gasteiger partial charge >= 0.3 is 0 Å². The van der Waals surface area contributed by atoms with Crippen molar-refractivity contribution in [3.63, 3.8) is 0 Å². The predicted octanol–water partition coefficient (Wildman–Crippen LogP) is 1.27. The molecule has 0 amide bonds. The van der Waals surface area contributed by atoms with Crippen LogP contribution in [0.4, 0.5) is 0 Å². The number of rotatable bonds is 4. The van der Waals surface area contributed by atoms with Crippen LogP contribution in [0.3, 0.4) is 0 Å². The number of nitrogens with two attached hydrogens (primary N) is 1. The standard InChI is InChI=1S/C13H17N5O/c14-17-11(13-15-8-16-18-13)7-9-5-6-19-12-4-2-1-3-10(9)12/h1-4,8-9,11,17H,5-7,14H2,(H,15,16,18). The van der Waals surface area contributed by atoms with Crippen LogP contribution in [0.2, 0.25) is 0 Å². The summed E-state index contributed by atoms with van der Waals surface area (Å²) in [5.74, 6) is 7.79. The zero-order chi connectivity index (χ0) is 13.1. The minimum Gasteiger partial charge on any atom is -0.493 e. The molecule has 1 aliphatic rings. The third-order valence-corrected chi connectivity index (χ3v) is 3.57. The lowest BCUT2D eigenvalue weighted by Gasteiger charge is -2.28. The monoisotopic (exact) mass is 259 g/mol. The number of hydrogen-bond acceptors (Lipinski definition) is 5. The van der Waals surface area contributed by atoms with Crippen molar-refractivity contribution in [2.24, 2.45) is 5.84 Å². The van der Waals surface area contributed by atoms with Crippen molar-refractivity contribution >= 4 is 0 Å². The quantitative estimate of drug-likeness (QED) is 0.568. The molecule has 6 heteroatoms. The Kier molecular flexibility index (Phi) is 3.43. The number of benzene rings is 1. The maximum absolute atomic E-state index is 5.67. The van der Waals surface area contributed by atoms with E-state index in [1.807, 2.05) is 18.2 Å². The number of aromatic nitrogens is 3. The van der Waals surface area contributed by atoms with Gasteiger partial charge in [0.15, 0.2) is 0 Å². The van der Waals surface area contributed by atoms with E-state index in [4.69, 9.17) is 10.6 Å². The van der Waals surface area contributed by atoms with Crippen LogP contribution in [0.1, 0.15) is 36.2 Å². The van der Waals surface area contributed by atoms with Gasteiger partial charge in [-0.15, -0.1) is 0 Å². The smallest absolute Gasteiger partial charge is 0.142 e. The van der Waals surface area contributed by atoms with Gasteiger partial charge in [0.25, 0.3) is 0 Å². The summed E-state index contributed by atoms with van der Waals surface area (Å²) in [6.45, 7) is 0.745. The van der Waals surface area contributed by atoms with Gasteiger partial charge in [-0.2, -0.15) is 5.10 Å². The molecule has 4 N–H and O–H groups in total. The third-order valence-electron chi connectivity index (χ3n) is 3.57. The largest absolute Gasteiger partial charge is 0.493 e. The normalized spacial score (nSPS) is 19.5. The van der Waals surface area contributed by atoms with Crippen molar-refractivity contribution in [1.82, 2.24) is 20.6 Å². The Balaban J connectivity index is 1.80. The van der Waals surface area contributed by atoms with Gasteiger partial charge in [-0.3, -0.25) is 10.9 Å². The highest BCUT2D eigenvalue weighted by Crippen LogP contribution is 2.38. The Bertz CT molecular complexity index is 528. The summed E-state index contributed by atoms with van der Waals surface area (Å²) in [4.78, 5) is 4.17. The van der Waals surface area contributed by atoms with E-state index in [2.05, 4.69) is 26.7 Å². The number of aromatic amines is 1. The summed E-state index contributed by atoms with van der Waals surface area (Å²) in [6, 6.07) is 8.14. The van der Waals surface area contributed by atoms with Gasteiger partial charge in [-0.1, -0.05) is 18.2 Å². The summed E-state index contributed by atoms with van der Waals surface area (Å²) in [7, 11) is 0. The van der Waals surface area contributed by atoms with Crippen LogP contribution < -0.4 is 16.0 Å². The van der Waals surface area contributed by atoms with Crippen LogP contribution in [0, 0.1) is 0 Å². The number of nitrogens with one attached hydrogen (secondary N) is 2. The highest BCUT2D eigenvalue weighted by atomic mass is 16.5. The van der Waals surface area contributed by atoms with Gasteiger partial charge in [0.05, 0.1) is 12.6 Å². The average Bonchev–Trinajstić information content (AvgIpc) is 2.99. The van der Waals surface area contributed by atoms with E-state index < -0.39 is 0 Å². The van der Waals surface area contributed by atoms with E-state index in [1.165, 1.54) is 11.9 Å². The number of H-pyrrole nitrogens is 1. The number of para-hydroxylation sites is 1. The van der Waals surface area contributed by atoms with Crippen molar-refractivity contribution < 1.29 is 4.74 Å². The fraction of sp³-hybridized carbons (Fsp3) is 0.385. The molecule has 1 aliphatic heterocycles. The summed E-state index contributed by atoms with van der Waals surface area (Å²) >= 11 is 0. The van der Waals surface area contributed by atoms with Gasteiger partial charge in [0, 0.05) is 0 Å². The molecular formula is C13H17N5O. The molecule has 0 radical (unpaired) electrons. The van der Waals surface area contributed by atoms with E-state index in [1.54, 1.807) is 0 Å². The average molecular weight is 259 g/mol. The number of nitrogens with zero attached hydrogens (tertiary/aromatic N) is 2. The molecule has 0 saturated heterocycles. The molecular weight excluding hydrogens is 242 g/mol. The molecule has 19 heavy (non-hydrogen) atoms. The first-order valence-electron chi connectivity index (χ1n) is 6.41. The van der Waals surface area contributed by atoms with Crippen LogP contribution >= 0.6 is 0 Å². The van der Waals surface area contributed by atoms with Crippen molar-refractivity contribution in [2.45, 2.75) is 24.8 Å². The second kappa shape index (κ2) is 5.38. The van der Waals surface area contributed by atoms with E-state index in [-0.39, 0.29) is 6.04 Å². The molecule has 100 valence electrons. The molecule has 0 bridgehead atoms. The van der Waals surface area contributed by atoms with E-state index >= 15 is 0 Å². The van der Waals surface area contributed by atoms with Gasteiger partial charge in [0.1, 0.15) is 17.9 Å². The van der Waals surface area contributed by atoms with Crippen molar-refractivity contribution in [1.29, 1.82) is 0 Å². The SMILES string of the molecule is NNC(CC1CCOc2ccccc21)c1ncn[nH]1. The van der Waals surface area contributed by atoms with Crippen LogP contribution in [-0.2, 0) is 0 Å². The third kappa shape index (κ3) is 2.45. The minimum absolute atomic E-state index is 0.0290. The summed E-state index contributed by atoms with van der Waals surface area (Å²) < 4.78 is 5.67. The lowest BCUT2D eigenvalue weighted by molar-refractivity contribution is 0.254. The minimum atomic E-state index is -0.0290. The number of hydrazine groups is 1. The van der Waals surface area contributed by atoms with E-state index in [0.29, 0.717) is 5.92 Å². The molecule has 1 aromatic carbocycles. The molecule has 6 nitrogen and oxygen atoms in total. The van der Waals surface area contributed by atoms with Crippen LogP contribution in [-0.4, -0.2) is 21.8 Å². The Labute approximate surface area is 111 Å². The number of ether oxygens (including phenoxy) is 1. The Morgan fingerprint density at radius 2 is 2.37 bits per heavy atom. The van der Waals surface area contributed by atoms with Gasteiger partial charge in [0.2, 0.25) is 0 Å². The zero-order valence-electron chi connectivity index (χ0n) is 10.5. The highest BCUT2D eigenvalue weighted by molar-refractivity contribution is 5.37. The van der Waals surface area contributed by atoms with Crippen molar-refractivity contribution in [2.75, 3.05) is 6.61 Å². The molecule has 0 spiro atoms. The van der Waals surface area contributed by atoms with Crippen LogP contribution in [0.5, 0.6) is 5.75 Å². The number of hydrogen-bond donors (Lipinski definition) is 3. The van der Waals surface area contributed by atoms with Gasteiger partial charge < -0.3 is 4.74 Å². The molecule has 1 aromatic heterocycles. The van der Waals surface area contributed by atoms with Crippen molar-refractivity contribution in [3.8, 4) is 5.75 Å². The lowest BCUT2D eigenvalue weighted by atomic mass is 9.87. The first kappa shape index (κ1) is 12.1. The molecule has 2 atom stereocenters. The lowest BCUT2D eigenvalue weighted by Crippen LogP contribution is -2.31. The molecule has 2 unspecified atom stereocenters. The maximum Gasteiger partial charge on any atom is 0.142 e. The molecule has 2 heterocycles. The second-order valence-electron chi connectivity index (χ2n) is 4.70. The highest BCUT2D eigenvalue weighted by Gasteiger charge is 2.25. The molecule has 2 aromatic rings. The summed E-state index contributed by atoms with van der Waals surface area (Å²) in [5, 5.41) is 6.74. The molecule has 0 fully saturated rings. The molecule has 3 rings (SSSR count).